The molecule has 0 aliphatic carbocycles. The van der Waals surface area contributed by atoms with E-state index in [4.69, 9.17) is 28.5 Å². The number of hydrogen-bond acceptors (Lipinski definition) is 2. The van der Waals surface area contributed by atoms with E-state index >= 15 is 0 Å². The lowest BCUT2D eigenvalue weighted by Crippen LogP contribution is -2.08. The second-order valence-electron chi connectivity index (χ2n) is 4.65. The number of nitriles is 1. The molecule has 2 rings (SSSR count). The summed E-state index contributed by atoms with van der Waals surface area (Å²) in [7, 11) is 0. The molecule has 1 atom stereocenters. The normalized spacial score (nSPS) is 11.8. The molecule has 20 heavy (non-hydrogen) atoms. The third kappa shape index (κ3) is 3.07. The third-order valence-electron chi connectivity index (χ3n) is 3.19. The Morgan fingerprint density at radius 2 is 1.95 bits per heavy atom. The molecule has 0 bridgehead atoms. The number of benzene rings is 2. The number of nitrogens with one attached hydrogen (secondary N) is 1. The molecule has 0 saturated heterocycles. The largest absolute Gasteiger partial charge is 0.378 e. The highest BCUT2D eigenvalue weighted by Crippen LogP contribution is 2.32. The van der Waals surface area contributed by atoms with Crippen LogP contribution in [-0.2, 0) is 0 Å². The van der Waals surface area contributed by atoms with Crippen LogP contribution < -0.4 is 5.32 Å². The molecule has 0 aliphatic heterocycles. The molecule has 1 unspecified atom stereocenters. The topological polar surface area (TPSA) is 35.8 Å². The first-order valence-electron chi connectivity index (χ1n) is 6.24. The van der Waals surface area contributed by atoms with Gasteiger partial charge < -0.3 is 5.32 Å². The van der Waals surface area contributed by atoms with Gasteiger partial charge in [0.25, 0.3) is 0 Å². The SMILES string of the molecule is Cc1ccc(C#N)cc1NC(C)c1cccc(Cl)c1Cl. The molecule has 2 aromatic rings. The summed E-state index contributed by atoms with van der Waals surface area (Å²) in [4.78, 5) is 0. The summed E-state index contributed by atoms with van der Waals surface area (Å²) in [6.45, 7) is 4.01. The minimum Gasteiger partial charge on any atom is -0.378 e. The van der Waals surface area contributed by atoms with Crippen molar-refractivity contribution in [3.63, 3.8) is 0 Å². The Morgan fingerprint density at radius 1 is 1.20 bits per heavy atom. The second kappa shape index (κ2) is 6.17. The summed E-state index contributed by atoms with van der Waals surface area (Å²) in [6, 6.07) is 13.3. The minimum absolute atomic E-state index is 0.00570. The van der Waals surface area contributed by atoms with E-state index in [1.807, 2.05) is 38.1 Å². The van der Waals surface area contributed by atoms with Crippen molar-refractivity contribution in [1.82, 2.24) is 0 Å². The van der Waals surface area contributed by atoms with Crippen molar-refractivity contribution >= 4 is 28.9 Å². The Hall–Kier alpha value is -1.69. The number of hydrogen-bond donors (Lipinski definition) is 1. The van der Waals surface area contributed by atoms with Gasteiger partial charge in [-0.15, -0.1) is 0 Å². The van der Waals surface area contributed by atoms with Gasteiger partial charge in [-0.25, -0.2) is 0 Å². The van der Waals surface area contributed by atoms with E-state index in [1.165, 1.54) is 0 Å². The molecule has 0 heterocycles. The van der Waals surface area contributed by atoms with E-state index in [0.29, 0.717) is 15.6 Å². The molecule has 102 valence electrons. The lowest BCUT2D eigenvalue weighted by atomic mass is 10.1. The van der Waals surface area contributed by atoms with Gasteiger partial charge in [0.1, 0.15) is 0 Å². The first-order valence-corrected chi connectivity index (χ1v) is 6.99. The number of aryl methyl sites for hydroxylation is 1. The molecular formula is C16H14Cl2N2. The van der Waals surface area contributed by atoms with Crippen LogP contribution in [0.15, 0.2) is 36.4 Å². The predicted molar refractivity (Wildman–Crippen MR) is 84.4 cm³/mol. The highest BCUT2D eigenvalue weighted by molar-refractivity contribution is 6.42. The average molecular weight is 305 g/mol. The molecule has 0 spiro atoms. The summed E-state index contributed by atoms with van der Waals surface area (Å²) in [5, 5.41) is 13.4. The zero-order valence-corrected chi connectivity index (χ0v) is 12.8. The van der Waals surface area contributed by atoms with Gasteiger partial charge in [-0.3, -0.25) is 0 Å². The van der Waals surface area contributed by atoms with E-state index in [-0.39, 0.29) is 6.04 Å². The van der Waals surface area contributed by atoms with E-state index in [0.717, 1.165) is 16.8 Å². The first-order chi connectivity index (χ1) is 9.52. The van der Waals surface area contributed by atoms with Crippen molar-refractivity contribution in [2.75, 3.05) is 5.32 Å². The lowest BCUT2D eigenvalue weighted by molar-refractivity contribution is 0.883. The fourth-order valence-corrected chi connectivity index (χ4v) is 2.48. The van der Waals surface area contributed by atoms with Gasteiger partial charge in [-0.1, -0.05) is 41.4 Å². The van der Waals surface area contributed by atoms with Crippen molar-refractivity contribution in [3.05, 3.63) is 63.1 Å². The van der Waals surface area contributed by atoms with Crippen LogP contribution in [0.25, 0.3) is 0 Å². The number of anilines is 1. The zero-order valence-electron chi connectivity index (χ0n) is 11.2. The average Bonchev–Trinajstić information content (AvgIpc) is 2.44. The molecule has 0 radical (unpaired) electrons. The van der Waals surface area contributed by atoms with E-state index in [9.17, 15) is 0 Å². The summed E-state index contributed by atoms with van der Waals surface area (Å²) in [6.07, 6.45) is 0. The molecular weight excluding hydrogens is 291 g/mol. The fraction of sp³-hybridized carbons (Fsp3) is 0.188. The molecule has 4 heteroatoms. The quantitative estimate of drug-likeness (QED) is 0.830. The van der Waals surface area contributed by atoms with Crippen LogP contribution in [0.1, 0.15) is 29.7 Å². The van der Waals surface area contributed by atoms with Crippen molar-refractivity contribution in [2.45, 2.75) is 19.9 Å². The minimum atomic E-state index is -0.00570. The molecule has 1 N–H and O–H groups in total. The predicted octanol–water partition coefficient (Wildman–Crippen LogP) is 5.35. The van der Waals surface area contributed by atoms with Gasteiger partial charge in [0.2, 0.25) is 0 Å². The summed E-state index contributed by atoms with van der Waals surface area (Å²) >= 11 is 12.3. The smallest absolute Gasteiger partial charge is 0.0992 e. The van der Waals surface area contributed by atoms with Crippen molar-refractivity contribution in [1.29, 1.82) is 5.26 Å². The molecule has 2 nitrogen and oxygen atoms in total. The van der Waals surface area contributed by atoms with Crippen molar-refractivity contribution < 1.29 is 0 Å². The monoisotopic (exact) mass is 304 g/mol. The van der Waals surface area contributed by atoms with E-state index < -0.39 is 0 Å². The van der Waals surface area contributed by atoms with Crippen molar-refractivity contribution in [2.24, 2.45) is 0 Å². The number of rotatable bonds is 3. The molecule has 0 saturated carbocycles. The molecule has 0 aliphatic rings. The summed E-state index contributed by atoms with van der Waals surface area (Å²) in [5.41, 5.74) is 3.56. The van der Waals surface area contributed by atoms with Gasteiger partial charge in [0.05, 0.1) is 27.7 Å². The molecule has 2 aromatic carbocycles. The molecule has 0 amide bonds. The van der Waals surface area contributed by atoms with Crippen LogP contribution in [0.3, 0.4) is 0 Å². The first kappa shape index (κ1) is 14.7. The third-order valence-corrected chi connectivity index (χ3v) is 4.02. The van der Waals surface area contributed by atoms with Crippen molar-refractivity contribution in [3.8, 4) is 6.07 Å². The van der Waals surface area contributed by atoms with Gasteiger partial charge >= 0.3 is 0 Å². The highest BCUT2D eigenvalue weighted by atomic mass is 35.5. The van der Waals surface area contributed by atoms with Gasteiger partial charge in [-0.2, -0.15) is 5.26 Å². The Kier molecular flexibility index (Phi) is 4.54. The van der Waals surface area contributed by atoms with Crippen LogP contribution in [-0.4, -0.2) is 0 Å². The Bertz CT molecular complexity index is 675. The van der Waals surface area contributed by atoms with Crippen LogP contribution >= 0.6 is 23.2 Å². The molecule has 0 fully saturated rings. The Balaban J connectivity index is 2.30. The van der Waals surface area contributed by atoms with Gasteiger partial charge in [0.15, 0.2) is 0 Å². The Labute approximate surface area is 128 Å². The van der Waals surface area contributed by atoms with Crippen LogP contribution in [0.5, 0.6) is 0 Å². The Morgan fingerprint density at radius 3 is 2.65 bits per heavy atom. The van der Waals surface area contributed by atoms with Crippen LogP contribution in [0, 0.1) is 18.3 Å². The van der Waals surface area contributed by atoms with Crippen LogP contribution in [0.2, 0.25) is 10.0 Å². The maximum Gasteiger partial charge on any atom is 0.0992 e. The number of halogens is 2. The lowest BCUT2D eigenvalue weighted by Gasteiger charge is -2.19. The maximum atomic E-state index is 8.97. The number of nitrogens with zero attached hydrogens (tertiary/aromatic N) is 1. The molecule has 0 aromatic heterocycles. The summed E-state index contributed by atoms with van der Waals surface area (Å²) < 4.78 is 0. The van der Waals surface area contributed by atoms with Gasteiger partial charge in [-0.05, 0) is 43.2 Å². The van der Waals surface area contributed by atoms with E-state index in [2.05, 4.69) is 11.4 Å². The standard InChI is InChI=1S/C16H14Cl2N2/c1-10-6-7-12(9-19)8-15(10)20-11(2)13-4-3-5-14(17)16(13)18/h3-8,11,20H,1-2H3. The zero-order chi connectivity index (χ0) is 14.7. The maximum absolute atomic E-state index is 8.97. The second-order valence-corrected chi connectivity index (χ2v) is 5.44. The van der Waals surface area contributed by atoms with Crippen LogP contribution in [0.4, 0.5) is 5.69 Å². The van der Waals surface area contributed by atoms with Gasteiger partial charge in [0, 0.05) is 5.69 Å². The van der Waals surface area contributed by atoms with E-state index in [1.54, 1.807) is 12.1 Å². The summed E-state index contributed by atoms with van der Waals surface area (Å²) in [5.74, 6) is 0. The fourth-order valence-electron chi connectivity index (χ4n) is 2.01. The highest BCUT2D eigenvalue weighted by Gasteiger charge is 2.12.